The van der Waals surface area contributed by atoms with E-state index in [4.69, 9.17) is 4.74 Å². The molecule has 2 saturated heterocycles. The van der Waals surface area contributed by atoms with Crippen molar-refractivity contribution in [3.05, 3.63) is 76.1 Å². The number of imide groups is 1. The van der Waals surface area contributed by atoms with Crippen LogP contribution in [0.5, 0.6) is 0 Å². The van der Waals surface area contributed by atoms with E-state index in [9.17, 15) is 18.8 Å². The number of hydrogen-bond donors (Lipinski definition) is 0. The molecule has 0 radical (unpaired) electrons. The van der Waals surface area contributed by atoms with Crippen LogP contribution in [0, 0.1) is 12.7 Å². The van der Waals surface area contributed by atoms with Crippen LogP contribution in [0.25, 0.3) is 17.0 Å². The van der Waals surface area contributed by atoms with Gasteiger partial charge in [0.25, 0.3) is 11.1 Å². The summed E-state index contributed by atoms with van der Waals surface area (Å²) in [6, 6.07) is 14.4. The maximum absolute atomic E-state index is 14.4. The average Bonchev–Trinajstić information content (AvgIpc) is 3.29. The first-order valence-corrected chi connectivity index (χ1v) is 12.2. The van der Waals surface area contributed by atoms with Crippen molar-refractivity contribution in [3.63, 3.8) is 0 Å². The van der Waals surface area contributed by atoms with Crippen molar-refractivity contribution in [2.75, 3.05) is 32.8 Å². The molecule has 0 atom stereocenters. The van der Waals surface area contributed by atoms with Crippen LogP contribution < -0.4 is 0 Å². The lowest BCUT2D eigenvalue weighted by Gasteiger charge is -2.28. The number of aromatic nitrogens is 1. The monoisotopic (exact) mass is 493 g/mol. The van der Waals surface area contributed by atoms with Crippen molar-refractivity contribution in [1.82, 2.24) is 14.4 Å². The van der Waals surface area contributed by atoms with Crippen LogP contribution >= 0.6 is 11.8 Å². The van der Waals surface area contributed by atoms with E-state index in [1.54, 1.807) is 29.2 Å². The molecule has 2 aromatic carbocycles. The third-order valence-electron chi connectivity index (χ3n) is 6.37. The second-order valence-electron chi connectivity index (χ2n) is 8.45. The molecule has 0 bridgehead atoms. The highest BCUT2D eigenvalue weighted by Gasteiger charge is 2.37. The number of ether oxygens (including phenoxy) is 1. The minimum atomic E-state index is -0.480. The topological polar surface area (TPSA) is 71.9 Å². The molecule has 0 spiro atoms. The molecule has 2 aliphatic heterocycles. The third-order valence-corrected chi connectivity index (χ3v) is 7.28. The summed E-state index contributed by atoms with van der Waals surface area (Å²) >= 11 is 0.832. The Labute approximate surface area is 206 Å². The van der Waals surface area contributed by atoms with Gasteiger partial charge < -0.3 is 14.2 Å². The second kappa shape index (κ2) is 9.67. The predicted octanol–water partition coefficient (Wildman–Crippen LogP) is 4.03. The number of halogens is 1. The van der Waals surface area contributed by atoms with Gasteiger partial charge in [0, 0.05) is 40.8 Å². The van der Waals surface area contributed by atoms with Gasteiger partial charge in [-0.3, -0.25) is 19.3 Å². The fourth-order valence-corrected chi connectivity index (χ4v) is 5.28. The molecular weight excluding hydrogens is 469 g/mol. The highest BCUT2D eigenvalue weighted by Crippen LogP contribution is 2.36. The number of thioether (sulfide) groups is 1. The zero-order valence-corrected chi connectivity index (χ0v) is 20.0. The van der Waals surface area contributed by atoms with Crippen LogP contribution in [0.4, 0.5) is 9.18 Å². The van der Waals surface area contributed by atoms with E-state index in [1.807, 2.05) is 35.8 Å². The lowest BCUT2D eigenvalue weighted by atomic mass is 10.1. The van der Waals surface area contributed by atoms with Gasteiger partial charge in [-0.05, 0) is 36.9 Å². The minimum absolute atomic E-state index is 0.265. The molecule has 9 heteroatoms. The molecule has 3 heterocycles. The molecule has 0 N–H and O–H groups in total. The molecule has 35 heavy (non-hydrogen) atoms. The van der Waals surface area contributed by atoms with Gasteiger partial charge in [0.1, 0.15) is 12.4 Å². The second-order valence-corrected chi connectivity index (χ2v) is 9.45. The Hall–Kier alpha value is -3.43. The molecule has 1 aromatic heterocycles. The Bertz CT molecular complexity index is 1360. The van der Waals surface area contributed by atoms with Gasteiger partial charge in [-0.25, -0.2) is 4.39 Å². The summed E-state index contributed by atoms with van der Waals surface area (Å²) in [5.74, 6) is -1.03. The van der Waals surface area contributed by atoms with E-state index in [1.165, 1.54) is 6.07 Å². The number of morpholine rings is 1. The summed E-state index contributed by atoms with van der Waals surface area (Å²) < 4.78 is 21.6. The number of carbonyl (C=O) groups is 3. The van der Waals surface area contributed by atoms with Crippen LogP contribution in [0.1, 0.15) is 16.8 Å². The Morgan fingerprint density at radius 1 is 1.09 bits per heavy atom. The number of benzene rings is 2. The number of fused-ring (bicyclic) bond motifs is 1. The largest absolute Gasteiger partial charge is 0.378 e. The third kappa shape index (κ3) is 4.49. The first-order valence-electron chi connectivity index (χ1n) is 11.4. The lowest BCUT2D eigenvalue weighted by molar-refractivity contribution is -0.139. The standard InChI is InChI=1S/C26H24FN3O4S/c1-17-20(19-7-3-5-9-22(19)29(17)15-18-6-2-4-8-21(18)27)14-23-25(32)30(26(33)35-23)16-24(31)28-10-12-34-13-11-28/h2-9,14H,10-13,15-16H2,1H3/b23-14-. The van der Waals surface area contributed by atoms with E-state index in [2.05, 4.69) is 0 Å². The summed E-state index contributed by atoms with van der Waals surface area (Å²) in [4.78, 5) is 41.2. The van der Waals surface area contributed by atoms with Crippen molar-refractivity contribution in [2.24, 2.45) is 0 Å². The molecule has 3 amide bonds. The molecule has 0 aliphatic carbocycles. The van der Waals surface area contributed by atoms with Gasteiger partial charge in [0.05, 0.1) is 24.7 Å². The number of rotatable bonds is 5. The number of nitrogens with zero attached hydrogens (tertiary/aromatic N) is 3. The molecular formula is C26H24FN3O4S. The maximum Gasteiger partial charge on any atom is 0.294 e. The van der Waals surface area contributed by atoms with Crippen LogP contribution in [-0.4, -0.2) is 64.3 Å². The Morgan fingerprint density at radius 3 is 2.57 bits per heavy atom. The van der Waals surface area contributed by atoms with Gasteiger partial charge >= 0.3 is 0 Å². The SMILES string of the molecule is Cc1c(/C=C2\SC(=O)N(CC(=O)N3CCOCC3)C2=O)c2ccccc2n1Cc1ccccc1F. The van der Waals surface area contributed by atoms with Crippen molar-refractivity contribution >= 4 is 45.8 Å². The van der Waals surface area contributed by atoms with Crippen molar-refractivity contribution in [3.8, 4) is 0 Å². The molecule has 3 aromatic rings. The minimum Gasteiger partial charge on any atom is -0.378 e. The average molecular weight is 494 g/mol. The number of amides is 3. The maximum atomic E-state index is 14.4. The number of carbonyl (C=O) groups excluding carboxylic acids is 3. The van der Waals surface area contributed by atoms with E-state index in [-0.39, 0.29) is 23.2 Å². The highest BCUT2D eigenvalue weighted by atomic mass is 32.2. The highest BCUT2D eigenvalue weighted by molar-refractivity contribution is 8.18. The van der Waals surface area contributed by atoms with Crippen molar-refractivity contribution in [1.29, 1.82) is 0 Å². The van der Waals surface area contributed by atoms with Gasteiger partial charge in [-0.2, -0.15) is 0 Å². The summed E-state index contributed by atoms with van der Waals surface area (Å²) in [6.07, 6.45) is 1.71. The van der Waals surface area contributed by atoms with Gasteiger partial charge in [-0.1, -0.05) is 36.4 Å². The van der Waals surface area contributed by atoms with Gasteiger partial charge in [0.2, 0.25) is 5.91 Å². The van der Waals surface area contributed by atoms with Gasteiger partial charge in [-0.15, -0.1) is 0 Å². The quantitative estimate of drug-likeness (QED) is 0.502. The molecule has 2 fully saturated rings. The van der Waals surface area contributed by atoms with Crippen molar-refractivity contribution in [2.45, 2.75) is 13.5 Å². The molecule has 2 aliphatic rings. The van der Waals surface area contributed by atoms with Crippen LogP contribution in [0.2, 0.25) is 0 Å². The Morgan fingerprint density at radius 2 is 1.80 bits per heavy atom. The fourth-order valence-electron chi connectivity index (χ4n) is 4.46. The van der Waals surface area contributed by atoms with E-state index in [0.29, 0.717) is 38.4 Å². The lowest BCUT2D eigenvalue weighted by Crippen LogP contribution is -2.46. The zero-order valence-electron chi connectivity index (χ0n) is 19.2. The van der Waals surface area contributed by atoms with Crippen LogP contribution in [-0.2, 0) is 20.9 Å². The van der Waals surface area contributed by atoms with E-state index in [0.717, 1.165) is 38.8 Å². The smallest absolute Gasteiger partial charge is 0.294 e. The van der Waals surface area contributed by atoms with Crippen molar-refractivity contribution < 1.29 is 23.5 Å². The fraction of sp³-hybridized carbons (Fsp3) is 0.269. The summed E-state index contributed by atoms with van der Waals surface area (Å²) in [5.41, 5.74) is 3.11. The molecule has 180 valence electrons. The normalized spacial score (nSPS) is 17.7. The van der Waals surface area contributed by atoms with E-state index < -0.39 is 11.1 Å². The summed E-state index contributed by atoms with van der Waals surface area (Å²) in [5, 5.41) is 0.438. The molecule has 5 rings (SSSR count). The first-order chi connectivity index (χ1) is 16.9. The first kappa shape index (κ1) is 23.3. The predicted molar refractivity (Wildman–Crippen MR) is 132 cm³/mol. The Kier molecular flexibility index (Phi) is 6.44. The Balaban J connectivity index is 1.45. The number of para-hydroxylation sites is 1. The molecule has 7 nitrogen and oxygen atoms in total. The van der Waals surface area contributed by atoms with Gasteiger partial charge in [0.15, 0.2) is 0 Å². The van der Waals surface area contributed by atoms with Crippen LogP contribution in [0.3, 0.4) is 0 Å². The summed E-state index contributed by atoms with van der Waals surface area (Å²) in [7, 11) is 0. The molecule has 0 unspecified atom stereocenters. The van der Waals surface area contributed by atoms with E-state index >= 15 is 0 Å². The zero-order chi connectivity index (χ0) is 24.5. The van der Waals surface area contributed by atoms with Crippen LogP contribution in [0.15, 0.2) is 53.4 Å². The molecule has 0 saturated carbocycles. The number of hydrogen-bond acceptors (Lipinski definition) is 5. The summed E-state index contributed by atoms with van der Waals surface area (Å²) in [6.45, 7) is 3.77.